The molecule has 7 nitrogen and oxygen atoms in total. The maximum atomic E-state index is 13.0. The van der Waals surface area contributed by atoms with Gasteiger partial charge in [-0.1, -0.05) is 24.3 Å². The third-order valence-corrected chi connectivity index (χ3v) is 4.85. The number of hydrogen-bond acceptors (Lipinski definition) is 4. The summed E-state index contributed by atoms with van der Waals surface area (Å²) in [6.45, 7) is 0.707. The molecule has 1 aliphatic rings. The Bertz CT molecular complexity index is 1120. The molecule has 1 N–H and O–H groups in total. The Morgan fingerprint density at radius 1 is 1.04 bits per heavy atom. The van der Waals surface area contributed by atoms with Crippen LogP contribution in [0.1, 0.15) is 10.4 Å². The number of aromatic amines is 1. The number of para-hydroxylation sites is 1. The van der Waals surface area contributed by atoms with Gasteiger partial charge in [-0.15, -0.1) is 0 Å². The van der Waals surface area contributed by atoms with E-state index in [1.165, 1.54) is 11.0 Å². The third-order valence-electron chi connectivity index (χ3n) is 4.85. The van der Waals surface area contributed by atoms with Crippen molar-refractivity contribution in [2.75, 3.05) is 31.6 Å². The summed E-state index contributed by atoms with van der Waals surface area (Å²) < 4.78 is 5.22. The molecule has 1 fully saturated rings. The second kappa shape index (κ2) is 7.19. The number of amides is 2. The van der Waals surface area contributed by atoms with Crippen molar-refractivity contribution < 1.29 is 14.3 Å². The van der Waals surface area contributed by atoms with Crippen LogP contribution < -0.4 is 15.2 Å². The van der Waals surface area contributed by atoms with Crippen molar-refractivity contribution in [3.05, 3.63) is 70.5 Å². The Labute approximate surface area is 161 Å². The first-order valence-electron chi connectivity index (χ1n) is 8.92. The van der Waals surface area contributed by atoms with Crippen LogP contribution in [-0.2, 0) is 4.79 Å². The number of nitrogens with zero attached hydrogens (tertiary/aromatic N) is 2. The SMILES string of the molecule is COc1cccc(N2CCN(C(=O)c3cc(=O)[nH]c4ccccc34)CC2=O)c1. The van der Waals surface area contributed by atoms with Crippen LogP contribution in [0.25, 0.3) is 10.9 Å². The highest BCUT2D eigenvalue weighted by molar-refractivity contribution is 6.08. The van der Waals surface area contributed by atoms with E-state index in [1.807, 2.05) is 24.3 Å². The lowest BCUT2D eigenvalue weighted by Gasteiger charge is -2.34. The van der Waals surface area contributed by atoms with Gasteiger partial charge in [-0.2, -0.15) is 0 Å². The van der Waals surface area contributed by atoms with E-state index in [2.05, 4.69) is 4.98 Å². The average Bonchev–Trinajstić information content (AvgIpc) is 2.72. The van der Waals surface area contributed by atoms with E-state index in [0.29, 0.717) is 35.3 Å². The second-order valence-corrected chi connectivity index (χ2v) is 6.57. The van der Waals surface area contributed by atoms with Crippen LogP contribution in [0.3, 0.4) is 0 Å². The van der Waals surface area contributed by atoms with E-state index in [0.717, 1.165) is 5.69 Å². The quantitative estimate of drug-likeness (QED) is 0.757. The number of ether oxygens (including phenoxy) is 1. The van der Waals surface area contributed by atoms with Crippen LogP contribution in [-0.4, -0.2) is 48.4 Å². The molecule has 142 valence electrons. The van der Waals surface area contributed by atoms with E-state index in [-0.39, 0.29) is 23.9 Å². The normalized spacial score (nSPS) is 14.4. The van der Waals surface area contributed by atoms with E-state index >= 15 is 0 Å². The van der Waals surface area contributed by atoms with Gasteiger partial charge < -0.3 is 19.5 Å². The van der Waals surface area contributed by atoms with E-state index < -0.39 is 0 Å². The Kier molecular flexibility index (Phi) is 4.57. The molecule has 0 radical (unpaired) electrons. The summed E-state index contributed by atoms with van der Waals surface area (Å²) in [5.74, 6) is 0.168. The zero-order chi connectivity index (χ0) is 19.7. The fourth-order valence-electron chi connectivity index (χ4n) is 3.45. The lowest BCUT2D eigenvalue weighted by molar-refractivity contribution is -0.120. The fraction of sp³-hybridized carbons (Fsp3) is 0.190. The smallest absolute Gasteiger partial charge is 0.255 e. The van der Waals surface area contributed by atoms with Gasteiger partial charge in [-0.3, -0.25) is 14.4 Å². The number of rotatable bonds is 3. The van der Waals surface area contributed by atoms with Crippen LogP contribution in [0.4, 0.5) is 5.69 Å². The summed E-state index contributed by atoms with van der Waals surface area (Å²) in [5.41, 5.74) is 1.29. The van der Waals surface area contributed by atoms with Crippen molar-refractivity contribution >= 4 is 28.4 Å². The molecular weight excluding hydrogens is 358 g/mol. The fourth-order valence-corrected chi connectivity index (χ4v) is 3.45. The number of piperazine rings is 1. The highest BCUT2D eigenvalue weighted by atomic mass is 16.5. The second-order valence-electron chi connectivity index (χ2n) is 6.57. The van der Waals surface area contributed by atoms with Crippen LogP contribution in [0.5, 0.6) is 5.75 Å². The number of fused-ring (bicyclic) bond motifs is 1. The van der Waals surface area contributed by atoms with E-state index in [9.17, 15) is 14.4 Å². The van der Waals surface area contributed by atoms with Gasteiger partial charge >= 0.3 is 0 Å². The summed E-state index contributed by atoms with van der Waals surface area (Å²) in [5, 5.41) is 0.662. The Balaban J connectivity index is 1.59. The third kappa shape index (κ3) is 3.22. The monoisotopic (exact) mass is 377 g/mol. The number of benzene rings is 2. The number of carbonyl (C=O) groups is 2. The van der Waals surface area contributed by atoms with Gasteiger partial charge in [0.25, 0.3) is 5.91 Å². The number of nitrogens with one attached hydrogen (secondary N) is 1. The van der Waals surface area contributed by atoms with Crippen LogP contribution >= 0.6 is 0 Å². The molecule has 1 aliphatic heterocycles. The van der Waals surface area contributed by atoms with E-state index in [1.54, 1.807) is 36.3 Å². The lowest BCUT2D eigenvalue weighted by atomic mass is 10.1. The lowest BCUT2D eigenvalue weighted by Crippen LogP contribution is -2.52. The summed E-state index contributed by atoms with van der Waals surface area (Å²) in [6, 6.07) is 15.7. The number of methoxy groups -OCH3 is 1. The van der Waals surface area contributed by atoms with Gasteiger partial charge in [0.2, 0.25) is 11.5 Å². The van der Waals surface area contributed by atoms with Crippen molar-refractivity contribution in [2.45, 2.75) is 0 Å². The molecule has 0 bridgehead atoms. The van der Waals surface area contributed by atoms with Gasteiger partial charge in [0.1, 0.15) is 12.3 Å². The molecule has 0 atom stereocenters. The predicted molar refractivity (Wildman–Crippen MR) is 106 cm³/mol. The highest BCUT2D eigenvalue weighted by Gasteiger charge is 2.29. The highest BCUT2D eigenvalue weighted by Crippen LogP contribution is 2.24. The zero-order valence-corrected chi connectivity index (χ0v) is 15.3. The maximum Gasteiger partial charge on any atom is 0.255 e. The molecule has 4 rings (SSSR count). The molecule has 28 heavy (non-hydrogen) atoms. The van der Waals surface area contributed by atoms with Gasteiger partial charge in [-0.25, -0.2) is 0 Å². The zero-order valence-electron chi connectivity index (χ0n) is 15.3. The van der Waals surface area contributed by atoms with Crippen molar-refractivity contribution in [1.29, 1.82) is 0 Å². The van der Waals surface area contributed by atoms with Crippen LogP contribution in [0, 0.1) is 0 Å². The first kappa shape index (κ1) is 17.8. The molecular formula is C21H19N3O4. The molecule has 0 saturated carbocycles. The summed E-state index contributed by atoms with van der Waals surface area (Å²) in [7, 11) is 1.57. The molecule has 7 heteroatoms. The van der Waals surface area contributed by atoms with Crippen LogP contribution in [0.15, 0.2) is 59.4 Å². The van der Waals surface area contributed by atoms with Gasteiger partial charge in [-0.05, 0) is 18.2 Å². The van der Waals surface area contributed by atoms with Crippen LogP contribution in [0.2, 0.25) is 0 Å². The predicted octanol–water partition coefficient (Wildman–Crippen LogP) is 2.03. The van der Waals surface area contributed by atoms with Gasteiger partial charge in [0.05, 0.1) is 12.7 Å². The number of carbonyl (C=O) groups excluding carboxylic acids is 2. The molecule has 2 amide bonds. The van der Waals surface area contributed by atoms with Crippen molar-refractivity contribution in [2.24, 2.45) is 0 Å². The molecule has 0 unspecified atom stereocenters. The Hall–Kier alpha value is -3.61. The Morgan fingerprint density at radius 3 is 2.64 bits per heavy atom. The summed E-state index contributed by atoms with van der Waals surface area (Å²) >= 11 is 0. The number of hydrogen-bond donors (Lipinski definition) is 1. The summed E-state index contributed by atoms with van der Waals surface area (Å²) in [6.07, 6.45) is 0. The number of H-pyrrole nitrogens is 1. The molecule has 1 saturated heterocycles. The van der Waals surface area contributed by atoms with Gasteiger partial charge in [0, 0.05) is 41.8 Å². The van der Waals surface area contributed by atoms with Crippen molar-refractivity contribution in [3.8, 4) is 5.75 Å². The molecule has 1 aromatic heterocycles. The first-order valence-corrected chi connectivity index (χ1v) is 8.92. The molecule has 0 aliphatic carbocycles. The largest absolute Gasteiger partial charge is 0.497 e. The molecule has 3 aromatic rings. The van der Waals surface area contributed by atoms with Crippen molar-refractivity contribution in [3.63, 3.8) is 0 Å². The topological polar surface area (TPSA) is 82.7 Å². The average molecular weight is 377 g/mol. The standard InChI is InChI=1S/C21H19N3O4/c1-28-15-6-4-5-14(11-15)24-10-9-23(13-20(24)26)21(27)17-12-19(25)22-18-8-3-2-7-16(17)18/h2-8,11-12H,9-10,13H2,1H3,(H,22,25). The minimum Gasteiger partial charge on any atom is -0.497 e. The molecule has 2 aromatic carbocycles. The number of anilines is 1. The number of pyridine rings is 1. The molecule has 0 spiro atoms. The van der Waals surface area contributed by atoms with Gasteiger partial charge in [0.15, 0.2) is 0 Å². The summed E-state index contributed by atoms with van der Waals surface area (Å²) in [4.78, 5) is 43.5. The maximum absolute atomic E-state index is 13.0. The molecule has 2 heterocycles. The van der Waals surface area contributed by atoms with Crippen molar-refractivity contribution in [1.82, 2.24) is 9.88 Å². The minimum atomic E-state index is -0.344. The number of aromatic nitrogens is 1. The Morgan fingerprint density at radius 2 is 1.86 bits per heavy atom. The van der Waals surface area contributed by atoms with E-state index in [4.69, 9.17) is 4.74 Å². The minimum absolute atomic E-state index is 0.0445. The first-order chi connectivity index (χ1) is 13.6.